The molecule has 1 N–H and O–H groups in total. The molecule has 1 aliphatic heterocycles. The standard InChI is InChI=1S/C18H24N2O2/c21-17(19-15-9-2-1-3-10-15)13-20-16-11-5-4-7-14(16)8-6-12-18(20)22/h4-5,7,11,15H,1-3,6,8-10,12-13H2,(H,19,21). The fraction of sp³-hybridized carbons (Fsp3) is 0.556. The number of anilines is 1. The van der Waals surface area contributed by atoms with Crippen molar-refractivity contribution in [2.24, 2.45) is 0 Å². The van der Waals surface area contributed by atoms with Crippen molar-refractivity contribution in [1.29, 1.82) is 0 Å². The number of hydrogen-bond donors (Lipinski definition) is 1. The van der Waals surface area contributed by atoms with Gasteiger partial charge >= 0.3 is 0 Å². The van der Waals surface area contributed by atoms with Crippen molar-refractivity contribution in [2.45, 2.75) is 57.4 Å². The first kappa shape index (κ1) is 15.1. The van der Waals surface area contributed by atoms with E-state index in [-0.39, 0.29) is 18.4 Å². The highest BCUT2D eigenvalue weighted by atomic mass is 16.2. The molecule has 1 saturated carbocycles. The van der Waals surface area contributed by atoms with Gasteiger partial charge in [-0.15, -0.1) is 0 Å². The number of carbonyl (C=O) groups excluding carboxylic acids is 2. The molecule has 2 amide bonds. The van der Waals surface area contributed by atoms with E-state index in [1.807, 2.05) is 18.2 Å². The van der Waals surface area contributed by atoms with Crippen LogP contribution >= 0.6 is 0 Å². The van der Waals surface area contributed by atoms with E-state index in [0.29, 0.717) is 12.5 Å². The van der Waals surface area contributed by atoms with Crippen LogP contribution in [0.5, 0.6) is 0 Å². The van der Waals surface area contributed by atoms with Gasteiger partial charge in [-0.1, -0.05) is 37.5 Å². The first-order chi connectivity index (χ1) is 10.7. The van der Waals surface area contributed by atoms with Crippen LogP contribution in [0.25, 0.3) is 0 Å². The van der Waals surface area contributed by atoms with Crippen molar-refractivity contribution in [3.63, 3.8) is 0 Å². The number of benzene rings is 1. The molecule has 0 saturated heterocycles. The van der Waals surface area contributed by atoms with Gasteiger partial charge in [0.15, 0.2) is 0 Å². The number of aryl methyl sites for hydroxylation is 1. The second-order valence-electron chi connectivity index (χ2n) is 6.36. The summed E-state index contributed by atoms with van der Waals surface area (Å²) in [7, 11) is 0. The third-order valence-corrected chi connectivity index (χ3v) is 4.69. The van der Waals surface area contributed by atoms with Crippen molar-refractivity contribution < 1.29 is 9.59 Å². The van der Waals surface area contributed by atoms with E-state index >= 15 is 0 Å². The smallest absolute Gasteiger partial charge is 0.240 e. The molecule has 0 aromatic heterocycles. The van der Waals surface area contributed by atoms with Crippen molar-refractivity contribution >= 4 is 17.5 Å². The molecule has 1 aromatic carbocycles. The number of para-hydroxylation sites is 1. The largest absolute Gasteiger partial charge is 0.352 e. The van der Waals surface area contributed by atoms with Gasteiger partial charge in [-0.25, -0.2) is 0 Å². The van der Waals surface area contributed by atoms with Crippen LogP contribution in [0.1, 0.15) is 50.5 Å². The van der Waals surface area contributed by atoms with Gasteiger partial charge < -0.3 is 10.2 Å². The summed E-state index contributed by atoms with van der Waals surface area (Å²) < 4.78 is 0. The zero-order chi connectivity index (χ0) is 15.4. The maximum atomic E-state index is 12.4. The first-order valence-electron chi connectivity index (χ1n) is 8.41. The number of amides is 2. The predicted octanol–water partition coefficient (Wildman–Crippen LogP) is 2.80. The fourth-order valence-corrected chi connectivity index (χ4v) is 3.52. The highest BCUT2D eigenvalue weighted by Gasteiger charge is 2.25. The van der Waals surface area contributed by atoms with Crippen molar-refractivity contribution in [1.82, 2.24) is 5.32 Å². The Balaban J connectivity index is 1.69. The predicted molar refractivity (Wildman–Crippen MR) is 86.7 cm³/mol. The molecule has 4 heteroatoms. The lowest BCUT2D eigenvalue weighted by atomic mass is 9.95. The quantitative estimate of drug-likeness (QED) is 0.933. The van der Waals surface area contributed by atoms with Crippen molar-refractivity contribution in [2.75, 3.05) is 11.4 Å². The molecular formula is C18H24N2O2. The van der Waals surface area contributed by atoms with Gasteiger partial charge in [-0.2, -0.15) is 0 Å². The van der Waals surface area contributed by atoms with Crippen molar-refractivity contribution in [3.8, 4) is 0 Å². The van der Waals surface area contributed by atoms with Gasteiger partial charge in [0.05, 0.1) is 0 Å². The van der Waals surface area contributed by atoms with Gasteiger partial charge in [0.25, 0.3) is 0 Å². The highest BCUT2D eigenvalue weighted by molar-refractivity contribution is 5.99. The minimum Gasteiger partial charge on any atom is -0.352 e. The maximum Gasteiger partial charge on any atom is 0.240 e. The van der Waals surface area contributed by atoms with E-state index in [1.54, 1.807) is 4.90 Å². The Morgan fingerprint density at radius 2 is 1.86 bits per heavy atom. The van der Waals surface area contributed by atoms with Gasteiger partial charge in [0.2, 0.25) is 11.8 Å². The Bertz CT molecular complexity index is 550. The van der Waals surface area contributed by atoms with Crippen LogP contribution in [-0.4, -0.2) is 24.4 Å². The summed E-state index contributed by atoms with van der Waals surface area (Å²) in [5.41, 5.74) is 2.07. The number of hydrogen-bond acceptors (Lipinski definition) is 2. The average Bonchev–Trinajstić information content (AvgIpc) is 2.68. The zero-order valence-electron chi connectivity index (χ0n) is 13.0. The van der Waals surface area contributed by atoms with Crippen LogP contribution < -0.4 is 10.2 Å². The molecule has 2 aliphatic rings. The van der Waals surface area contributed by atoms with Gasteiger partial charge in [-0.05, 0) is 37.3 Å². The number of carbonyl (C=O) groups is 2. The Hall–Kier alpha value is -1.84. The van der Waals surface area contributed by atoms with E-state index < -0.39 is 0 Å². The summed E-state index contributed by atoms with van der Waals surface area (Å²) in [6.07, 6.45) is 8.06. The Morgan fingerprint density at radius 3 is 2.68 bits per heavy atom. The fourth-order valence-electron chi connectivity index (χ4n) is 3.52. The molecule has 22 heavy (non-hydrogen) atoms. The molecular weight excluding hydrogens is 276 g/mol. The summed E-state index contributed by atoms with van der Waals surface area (Å²) in [5, 5.41) is 3.11. The minimum absolute atomic E-state index is 0.0306. The van der Waals surface area contributed by atoms with Crippen LogP contribution in [-0.2, 0) is 16.0 Å². The van der Waals surface area contributed by atoms with E-state index in [0.717, 1.165) is 31.4 Å². The van der Waals surface area contributed by atoms with Crippen LogP contribution in [0, 0.1) is 0 Å². The topological polar surface area (TPSA) is 49.4 Å². The zero-order valence-corrected chi connectivity index (χ0v) is 13.0. The monoisotopic (exact) mass is 300 g/mol. The molecule has 0 spiro atoms. The molecule has 4 nitrogen and oxygen atoms in total. The SMILES string of the molecule is O=C(CN1C(=O)CCCc2ccccc21)NC1CCCCC1. The third kappa shape index (κ3) is 3.49. The van der Waals surface area contributed by atoms with Crippen LogP contribution in [0.3, 0.4) is 0 Å². The van der Waals surface area contributed by atoms with Gasteiger partial charge in [0, 0.05) is 18.2 Å². The number of fused-ring (bicyclic) bond motifs is 1. The molecule has 3 rings (SSSR count). The van der Waals surface area contributed by atoms with E-state index in [4.69, 9.17) is 0 Å². The number of rotatable bonds is 3. The first-order valence-corrected chi connectivity index (χ1v) is 8.41. The summed E-state index contributed by atoms with van der Waals surface area (Å²) in [6.45, 7) is 0.145. The molecule has 0 unspecified atom stereocenters. The number of nitrogens with one attached hydrogen (secondary N) is 1. The van der Waals surface area contributed by atoms with Crippen molar-refractivity contribution in [3.05, 3.63) is 29.8 Å². The molecule has 1 heterocycles. The Kier molecular flexibility index (Phi) is 4.76. The molecule has 1 fully saturated rings. The third-order valence-electron chi connectivity index (χ3n) is 4.69. The van der Waals surface area contributed by atoms with Crippen LogP contribution in [0.4, 0.5) is 5.69 Å². The summed E-state index contributed by atoms with van der Waals surface area (Å²) >= 11 is 0. The van der Waals surface area contributed by atoms with E-state index in [9.17, 15) is 9.59 Å². The van der Waals surface area contributed by atoms with Crippen LogP contribution in [0.2, 0.25) is 0 Å². The second-order valence-corrected chi connectivity index (χ2v) is 6.36. The van der Waals surface area contributed by atoms with Gasteiger partial charge in [0.1, 0.15) is 6.54 Å². The molecule has 118 valence electrons. The normalized spacial score (nSPS) is 19.5. The second kappa shape index (κ2) is 6.95. The lowest BCUT2D eigenvalue weighted by Gasteiger charge is -2.26. The molecule has 1 aromatic rings. The molecule has 0 bridgehead atoms. The average molecular weight is 300 g/mol. The maximum absolute atomic E-state index is 12.4. The Labute approximate surface area is 131 Å². The highest BCUT2D eigenvalue weighted by Crippen LogP contribution is 2.26. The molecule has 0 radical (unpaired) electrons. The summed E-state index contributed by atoms with van der Waals surface area (Å²) in [4.78, 5) is 26.4. The van der Waals surface area contributed by atoms with E-state index in [1.165, 1.54) is 24.8 Å². The lowest BCUT2D eigenvalue weighted by molar-refractivity contribution is -0.124. The number of nitrogens with zero attached hydrogens (tertiary/aromatic N) is 1. The van der Waals surface area contributed by atoms with Gasteiger partial charge in [-0.3, -0.25) is 9.59 Å². The minimum atomic E-state index is -0.0306. The molecule has 1 aliphatic carbocycles. The van der Waals surface area contributed by atoms with Crippen LogP contribution in [0.15, 0.2) is 24.3 Å². The summed E-state index contributed by atoms with van der Waals surface area (Å²) in [5.74, 6) is 0.0284. The Morgan fingerprint density at radius 1 is 1.09 bits per heavy atom. The molecule has 0 atom stereocenters. The summed E-state index contributed by atoms with van der Waals surface area (Å²) in [6, 6.07) is 8.23. The lowest BCUT2D eigenvalue weighted by Crippen LogP contribution is -2.44. The van der Waals surface area contributed by atoms with E-state index in [2.05, 4.69) is 11.4 Å².